The van der Waals surface area contributed by atoms with Crippen molar-refractivity contribution >= 4 is 0 Å². The predicted octanol–water partition coefficient (Wildman–Crippen LogP) is 3.45. The van der Waals surface area contributed by atoms with E-state index in [1.54, 1.807) is 6.07 Å². The van der Waals surface area contributed by atoms with Crippen LogP contribution >= 0.6 is 0 Å². The highest BCUT2D eigenvalue weighted by atomic mass is 19.1. The molecule has 0 aromatic heterocycles. The van der Waals surface area contributed by atoms with E-state index in [1.165, 1.54) is 6.07 Å². The third-order valence-corrected chi connectivity index (χ3v) is 4.59. The molecule has 0 amide bonds. The Bertz CT molecular complexity index is 448. The van der Waals surface area contributed by atoms with Gasteiger partial charge in [0, 0.05) is 12.0 Å². The van der Waals surface area contributed by atoms with Gasteiger partial charge in [0.1, 0.15) is 5.82 Å². The van der Waals surface area contributed by atoms with Crippen molar-refractivity contribution in [2.45, 2.75) is 45.9 Å². The topological polar surface area (TPSA) is 21.3 Å². The average Bonchev–Trinajstić information content (AvgIpc) is 2.61. The molecule has 2 rings (SSSR count). The van der Waals surface area contributed by atoms with Gasteiger partial charge in [-0.15, -0.1) is 0 Å². The van der Waals surface area contributed by atoms with Crippen LogP contribution in [0.5, 0.6) is 0 Å². The van der Waals surface area contributed by atoms with Crippen LogP contribution in [-0.2, 0) is 4.74 Å². The predicted molar refractivity (Wildman–Crippen MR) is 75.6 cm³/mol. The van der Waals surface area contributed by atoms with Gasteiger partial charge < -0.3 is 10.1 Å². The van der Waals surface area contributed by atoms with Crippen LogP contribution in [0.2, 0.25) is 0 Å². The molecule has 1 aliphatic rings. The summed E-state index contributed by atoms with van der Waals surface area (Å²) in [7, 11) is 1.94. The number of hydrogen-bond donors (Lipinski definition) is 1. The third-order valence-electron chi connectivity index (χ3n) is 4.59. The molecule has 1 aliphatic heterocycles. The normalized spacial score (nSPS) is 32.5. The van der Waals surface area contributed by atoms with Crippen LogP contribution in [0.3, 0.4) is 0 Å². The van der Waals surface area contributed by atoms with Crippen LogP contribution in [-0.4, -0.2) is 19.3 Å². The fourth-order valence-corrected chi connectivity index (χ4v) is 3.37. The molecule has 1 aromatic carbocycles. The Balaban J connectivity index is 2.37. The van der Waals surface area contributed by atoms with Gasteiger partial charge >= 0.3 is 0 Å². The molecule has 106 valence electrons. The van der Waals surface area contributed by atoms with Crippen molar-refractivity contribution in [2.24, 2.45) is 11.8 Å². The number of benzene rings is 1. The van der Waals surface area contributed by atoms with Crippen molar-refractivity contribution in [3.63, 3.8) is 0 Å². The van der Waals surface area contributed by atoms with E-state index in [4.69, 9.17) is 4.74 Å². The molecule has 0 bridgehead atoms. The Hall–Kier alpha value is -0.930. The van der Waals surface area contributed by atoms with Gasteiger partial charge in [0.05, 0.1) is 12.2 Å². The summed E-state index contributed by atoms with van der Waals surface area (Å²) in [6.45, 7) is 8.49. The SMILES string of the molecule is CNC(c1cc(F)ccc1C)C1C(C)OC(C)C1C. The van der Waals surface area contributed by atoms with Crippen molar-refractivity contribution in [1.29, 1.82) is 0 Å². The maximum absolute atomic E-state index is 13.5. The quantitative estimate of drug-likeness (QED) is 0.903. The molecule has 1 fully saturated rings. The van der Waals surface area contributed by atoms with Gasteiger partial charge in [-0.1, -0.05) is 13.0 Å². The minimum absolute atomic E-state index is 0.130. The molecule has 5 unspecified atom stereocenters. The van der Waals surface area contributed by atoms with Crippen molar-refractivity contribution in [3.8, 4) is 0 Å². The molecular formula is C16H24FNO. The summed E-state index contributed by atoms with van der Waals surface area (Å²) in [5.41, 5.74) is 2.17. The zero-order chi connectivity index (χ0) is 14.2. The Morgan fingerprint density at radius 2 is 1.89 bits per heavy atom. The largest absolute Gasteiger partial charge is 0.375 e. The second kappa shape index (κ2) is 5.59. The summed E-state index contributed by atoms with van der Waals surface area (Å²) in [5, 5.41) is 3.36. The van der Waals surface area contributed by atoms with E-state index in [0.29, 0.717) is 11.8 Å². The zero-order valence-electron chi connectivity index (χ0n) is 12.4. The molecule has 5 atom stereocenters. The monoisotopic (exact) mass is 265 g/mol. The van der Waals surface area contributed by atoms with E-state index < -0.39 is 0 Å². The Morgan fingerprint density at radius 3 is 2.42 bits per heavy atom. The van der Waals surface area contributed by atoms with Crippen LogP contribution in [0.4, 0.5) is 4.39 Å². The van der Waals surface area contributed by atoms with Crippen molar-refractivity contribution < 1.29 is 9.13 Å². The Kier molecular flexibility index (Phi) is 4.26. The number of rotatable bonds is 3. The van der Waals surface area contributed by atoms with Gasteiger partial charge in [-0.3, -0.25) is 0 Å². The van der Waals surface area contributed by atoms with Gasteiger partial charge in [0.2, 0.25) is 0 Å². The van der Waals surface area contributed by atoms with E-state index in [2.05, 4.69) is 26.1 Å². The maximum atomic E-state index is 13.5. The first-order valence-electron chi connectivity index (χ1n) is 7.04. The highest BCUT2D eigenvalue weighted by molar-refractivity contribution is 5.30. The second-order valence-corrected chi connectivity index (χ2v) is 5.75. The lowest BCUT2D eigenvalue weighted by molar-refractivity contribution is 0.0478. The lowest BCUT2D eigenvalue weighted by atomic mass is 9.79. The van der Waals surface area contributed by atoms with E-state index in [1.807, 2.05) is 20.0 Å². The van der Waals surface area contributed by atoms with Crippen LogP contribution in [0.1, 0.15) is 37.9 Å². The second-order valence-electron chi connectivity index (χ2n) is 5.75. The minimum Gasteiger partial charge on any atom is -0.375 e. The molecule has 0 spiro atoms. The van der Waals surface area contributed by atoms with Crippen LogP contribution < -0.4 is 5.32 Å². The summed E-state index contributed by atoms with van der Waals surface area (Å²) in [4.78, 5) is 0. The summed E-state index contributed by atoms with van der Waals surface area (Å²) in [6, 6.07) is 5.15. The molecule has 1 saturated heterocycles. The van der Waals surface area contributed by atoms with Gasteiger partial charge in [0.15, 0.2) is 0 Å². The first kappa shape index (κ1) is 14.5. The molecule has 0 radical (unpaired) electrons. The van der Waals surface area contributed by atoms with Gasteiger partial charge in [-0.2, -0.15) is 0 Å². The van der Waals surface area contributed by atoms with Gasteiger partial charge in [0.25, 0.3) is 0 Å². The summed E-state index contributed by atoms with van der Waals surface area (Å²) in [6.07, 6.45) is 0.440. The lowest BCUT2D eigenvalue weighted by Crippen LogP contribution is -2.33. The van der Waals surface area contributed by atoms with Crippen LogP contribution in [0.15, 0.2) is 18.2 Å². The number of ether oxygens (including phenoxy) is 1. The van der Waals surface area contributed by atoms with Crippen LogP contribution in [0, 0.1) is 24.6 Å². The number of halogens is 1. The molecule has 1 heterocycles. The third kappa shape index (κ3) is 2.67. The number of hydrogen-bond acceptors (Lipinski definition) is 2. The van der Waals surface area contributed by atoms with Crippen molar-refractivity contribution in [1.82, 2.24) is 5.32 Å². The fraction of sp³-hybridized carbons (Fsp3) is 0.625. The average molecular weight is 265 g/mol. The Morgan fingerprint density at radius 1 is 1.21 bits per heavy atom. The van der Waals surface area contributed by atoms with Gasteiger partial charge in [-0.05, 0) is 57.0 Å². The Labute approximate surface area is 115 Å². The molecule has 1 N–H and O–H groups in total. The van der Waals surface area contributed by atoms with E-state index >= 15 is 0 Å². The summed E-state index contributed by atoms with van der Waals surface area (Å²) >= 11 is 0. The summed E-state index contributed by atoms with van der Waals surface area (Å²) in [5.74, 6) is 0.642. The minimum atomic E-state index is -0.173. The molecule has 0 aliphatic carbocycles. The van der Waals surface area contributed by atoms with Crippen LogP contribution in [0.25, 0.3) is 0 Å². The van der Waals surface area contributed by atoms with E-state index in [0.717, 1.165) is 11.1 Å². The highest BCUT2D eigenvalue weighted by Gasteiger charge is 2.42. The standard InChI is InChI=1S/C16H24FNO/c1-9-6-7-13(17)8-14(9)16(18-5)15-10(2)11(3)19-12(15)4/h6-8,10-12,15-16,18H,1-5H3. The zero-order valence-corrected chi connectivity index (χ0v) is 12.4. The van der Waals surface area contributed by atoms with Crippen molar-refractivity contribution in [3.05, 3.63) is 35.1 Å². The highest BCUT2D eigenvalue weighted by Crippen LogP contribution is 2.41. The lowest BCUT2D eigenvalue weighted by Gasteiger charge is -2.30. The van der Waals surface area contributed by atoms with Crippen molar-refractivity contribution in [2.75, 3.05) is 7.05 Å². The molecule has 0 saturated carbocycles. The molecule has 2 nitrogen and oxygen atoms in total. The first-order valence-corrected chi connectivity index (χ1v) is 7.04. The molecular weight excluding hydrogens is 241 g/mol. The fourth-order valence-electron chi connectivity index (χ4n) is 3.37. The molecule has 3 heteroatoms. The molecule has 1 aromatic rings. The smallest absolute Gasteiger partial charge is 0.123 e. The van der Waals surface area contributed by atoms with E-state index in [9.17, 15) is 4.39 Å². The number of aryl methyl sites for hydroxylation is 1. The van der Waals surface area contributed by atoms with E-state index in [-0.39, 0.29) is 24.1 Å². The number of nitrogens with one attached hydrogen (secondary N) is 1. The first-order chi connectivity index (χ1) is 8.95. The maximum Gasteiger partial charge on any atom is 0.123 e. The molecule has 19 heavy (non-hydrogen) atoms. The summed E-state index contributed by atoms with van der Waals surface area (Å²) < 4.78 is 19.5. The van der Waals surface area contributed by atoms with Gasteiger partial charge in [-0.25, -0.2) is 4.39 Å².